The fraction of sp³-hybridized carbons (Fsp3) is 0.467. The number of rotatable bonds is 4. The number of carbonyl (C=O) groups is 2. The van der Waals surface area contributed by atoms with E-state index in [-0.39, 0.29) is 5.91 Å². The molecule has 1 unspecified atom stereocenters. The molecule has 1 N–H and O–H groups in total. The van der Waals surface area contributed by atoms with E-state index >= 15 is 0 Å². The Hall–Kier alpha value is -1.63. The molecule has 0 aromatic heterocycles. The van der Waals surface area contributed by atoms with E-state index in [0.29, 0.717) is 23.2 Å². The van der Waals surface area contributed by atoms with Gasteiger partial charge in [0.05, 0.1) is 4.47 Å². The molecule has 1 aromatic carbocycles. The van der Waals surface area contributed by atoms with Crippen LogP contribution < -0.4 is 4.74 Å². The Morgan fingerprint density at radius 3 is 2.82 bits per heavy atom. The van der Waals surface area contributed by atoms with Crippen molar-refractivity contribution in [2.45, 2.75) is 38.3 Å². The van der Waals surface area contributed by atoms with E-state index in [0.717, 1.165) is 12.8 Å². The molecule has 1 heterocycles. The first kappa shape index (κ1) is 16.7. The summed E-state index contributed by atoms with van der Waals surface area (Å²) in [7, 11) is 0. The van der Waals surface area contributed by atoms with Gasteiger partial charge in [-0.2, -0.15) is 0 Å². The summed E-state index contributed by atoms with van der Waals surface area (Å²) in [5.41, 5.74) is 0. The number of ether oxygens (including phenoxy) is 1. The van der Waals surface area contributed by atoms with Crippen LogP contribution in [-0.2, 0) is 9.59 Å². The number of piperidine rings is 1. The fourth-order valence-electron chi connectivity index (χ4n) is 2.50. The Morgan fingerprint density at radius 2 is 2.18 bits per heavy atom. The van der Waals surface area contributed by atoms with E-state index in [1.54, 1.807) is 6.92 Å². The number of amides is 1. The maximum Gasteiger partial charge on any atom is 0.326 e. The standard InChI is InChI=1S/C15H17BrFNO4/c1-9(22-13-6-5-10(17)8-11(13)16)14(19)18-7-3-2-4-12(18)15(20)21/h5-6,8-9,12H,2-4,7H2,1H3,(H,20,21)/t9?,12-/m1/s1. The summed E-state index contributed by atoms with van der Waals surface area (Å²) in [6, 6.07) is 3.10. The fourth-order valence-corrected chi connectivity index (χ4v) is 2.94. The smallest absolute Gasteiger partial charge is 0.326 e. The summed E-state index contributed by atoms with van der Waals surface area (Å²) in [5, 5.41) is 9.22. The van der Waals surface area contributed by atoms with Crippen molar-refractivity contribution in [3.05, 3.63) is 28.5 Å². The third-order valence-electron chi connectivity index (χ3n) is 3.62. The van der Waals surface area contributed by atoms with Gasteiger partial charge in [-0.25, -0.2) is 9.18 Å². The summed E-state index contributed by atoms with van der Waals surface area (Å²) >= 11 is 3.17. The predicted octanol–water partition coefficient (Wildman–Crippen LogP) is 2.82. The van der Waals surface area contributed by atoms with Gasteiger partial charge in [-0.05, 0) is 60.3 Å². The maximum atomic E-state index is 13.0. The normalized spacial score (nSPS) is 19.6. The molecule has 7 heteroatoms. The minimum Gasteiger partial charge on any atom is -0.480 e. The zero-order chi connectivity index (χ0) is 16.3. The van der Waals surface area contributed by atoms with E-state index in [1.165, 1.54) is 23.1 Å². The van der Waals surface area contributed by atoms with Crippen LogP contribution in [0.1, 0.15) is 26.2 Å². The van der Waals surface area contributed by atoms with Crippen molar-refractivity contribution in [2.24, 2.45) is 0 Å². The number of carboxylic acids is 1. The van der Waals surface area contributed by atoms with Crippen LogP contribution in [0.15, 0.2) is 22.7 Å². The summed E-state index contributed by atoms with van der Waals surface area (Å²) in [6.07, 6.45) is 1.18. The van der Waals surface area contributed by atoms with Crippen molar-refractivity contribution in [3.63, 3.8) is 0 Å². The predicted molar refractivity (Wildman–Crippen MR) is 81.2 cm³/mol. The number of carboxylic acid groups (broad SMARTS) is 1. The van der Waals surface area contributed by atoms with Gasteiger partial charge in [0.1, 0.15) is 17.6 Å². The molecule has 1 aliphatic rings. The SMILES string of the molecule is CC(Oc1ccc(F)cc1Br)C(=O)N1CCCC[C@@H]1C(=O)O. The third kappa shape index (κ3) is 3.76. The monoisotopic (exact) mass is 373 g/mol. The third-order valence-corrected chi connectivity index (χ3v) is 4.24. The molecule has 22 heavy (non-hydrogen) atoms. The van der Waals surface area contributed by atoms with E-state index in [4.69, 9.17) is 4.74 Å². The van der Waals surface area contributed by atoms with Crippen LogP contribution in [0.25, 0.3) is 0 Å². The van der Waals surface area contributed by atoms with Crippen LogP contribution >= 0.6 is 15.9 Å². The molecular weight excluding hydrogens is 357 g/mol. The molecule has 5 nitrogen and oxygen atoms in total. The molecule has 1 fully saturated rings. The highest BCUT2D eigenvalue weighted by molar-refractivity contribution is 9.10. The summed E-state index contributed by atoms with van der Waals surface area (Å²) in [5.74, 6) is -1.45. The van der Waals surface area contributed by atoms with Crippen molar-refractivity contribution in [1.82, 2.24) is 4.90 Å². The molecule has 1 saturated heterocycles. The van der Waals surface area contributed by atoms with Gasteiger partial charge >= 0.3 is 5.97 Å². The first-order valence-corrected chi connectivity index (χ1v) is 7.84. The number of likely N-dealkylation sites (tertiary alicyclic amines) is 1. The quantitative estimate of drug-likeness (QED) is 0.880. The minimum absolute atomic E-state index is 0.339. The summed E-state index contributed by atoms with van der Waals surface area (Å²) in [6.45, 7) is 1.97. The number of aliphatic carboxylic acids is 1. The molecule has 1 amide bonds. The van der Waals surface area contributed by atoms with Gasteiger partial charge < -0.3 is 14.7 Å². The Balaban J connectivity index is 2.09. The number of hydrogen-bond donors (Lipinski definition) is 1. The van der Waals surface area contributed by atoms with Crippen LogP contribution in [0.5, 0.6) is 5.75 Å². The Labute approximate surface area is 136 Å². The van der Waals surface area contributed by atoms with Gasteiger partial charge in [-0.15, -0.1) is 0 Å². The Bertz CT molecular complexity index is 581. The van der Waals surface area contributed by atoms with Crippen molar-refractivity contribution in [3.8, 4) is 5.75 Å². The molecular formula is C15H17BrFNO4. The van der Waals surface area contributed by atoms with Gasteiger partial charge in [0.15, 0.2) is 6.10 Å². The largest absolute Gasteiger partial charge is 0.480 e. The number of nitrogens with zero attached hydrogens (tertiary/aromatic N) is 1. The molecule has 0 bridgehead atoms. The average Bonchev–Trinajstić information content (AvgIpc) is 2.49. The van der Waals surface area contributed by atoms with Crippen LogP contribution in [0.3, 0.4) is 0 Å². The molecule has 2 rings (SSSR count). The molecule has 1 aliphatic heterocycles. The molecule has 0 aliphatic carbocycles. The van der Waals surface area contributed by atoms with Crippen molar-refractivity contribution >= 4 is 27.8 Å². The van der Waals surface area contributed by atoms with Crippen molar-refractivity contribution < 1.29 is 23.8 Å². The second kappa shape index (κ2) is 7.09. The van der Waals surface area contributed by atoms with E-state index < -0.39 is 23.9 Å². The first-order chi connectivity index (χ1) is 10.4. The topological polar surface area (TPSA) is 66.8 Å². The molecule has 120 valence electrons. The maximum absolute atomic E-state index is 13.0. The summed E-state index contributed by atoms with van der Waals surface area (Å²) < 4.78 is 19.0. The lowest BCUT2D eigenvalue weighted by Crippen LogP contribution is -2.52. The molecule has 2 atom stereocenters. The van der Waals surface area contributed by atoms with Crippen LogP contribution in [0.2, 0.25) is 0 Å². The highest BCUT2D eigenvalue weighted by Crippen LogP contribution is 2.27. The second-order valence-corrected chi connectivity index (χ2v) is 6.07. The van der Waals surface area contributed by atoms with E-state index in [9.17, 15) is 19.1 Å². The molecule has 0 spiro atoms. The van der Waals surface area contributed by atoms with E-state index in [1.807, 2.05) is 0 Å². The van der Waals surface area contributed by atoms with Crippen molar-refractivity contribution in [2.75, 3.05) is 6.54 Å². The molecule has 1 aromatic rings. The van der Waals surface area contributed by atoms with Gasteiger partial charge in [0, 0.05) is 6.54 Å². The first-order valence-electron chi connectivity index (χ1n) is 7.05. The van der Waals surface area contributed by atoms with Crippen LogP contribution in [0, 0.1) is 5.82 Å². The number of halogens is 2. The lowest BCUT2D eigenvalue weighted by Gasteiger charge is -2.34. The molecule has 0 saturated carbocycles. The van der Waals surface area contributed by atoms with Gasteiger partial charge in [0.25, 0.3) is 5.91 Å². The lowest BCUT2D eigenvalue weighted by molar-refractivity contribution is -0.155. The highest BCUT2D eigenvalue weighted by atomic mass is 79.9. The number of benzene rings is 1. The Morgan fingerprint density at radius 1 is 1.45 bits per heavy atom. The van der Waals surface area contributed by atoms with Crippen LogP contribution in [0.4, 0.5) is 4.39 Å². The zero-order valence-electron chi connectivity index (χ0n) is 12.1. The second-order valence-electron chi connectivity index (χ2n) is 5.22. The average molecular weight is 374 g/mol. The minimum atomic E-state index is -0.997. The lowest BCUT2D eigenvalue weighted by atomic mass is 10.0. The van der Waals surface area contributed by atoms with Gasteiger partial charge in [-0.3, -0.25) is 4.79 Å². The number of hydrogen-bond acceptors (Lipinski definition) is 3. The molecule has 0 radical (unpaired) electrons. The zero-order valence-corrected chi connectivity index (χ0v) is 13.7. The summed E-state index contributed by atoms with van der Waals surface area (Å²) in [4.78, 5) is 25.1. The highest BCUT2D eigenvalue weighted by Gasteiger charge is 2.34. The van der Waals surface area contributed by atoms with Crippen molar-refractivity contribution in [1.29, 1.82) is 0 Å². The van der Waals surface area contributed by atoms with Gasteiger partial charge in [-0.1, -0.05) is 0 Å². The van der Waals surface area contributed by atoms with Crippen LogP contribution in [-0.4, -0.2) is 40.6 Å². The van der Waals surface area contributed by atoms with Gasteiger partial charge in [0.2, 0.25) is 0 Å². The van der Waals surface area contributed by atoms with E-state index in [2.05, 4.69) is 15.9 Å². The number of carbonyl (C=O) groups excluding carboxylic acids is 1. The Kier molecular flexibility index (Phi) is 5.39.